The largest absolute Gasteiger partial charge is 0.497 e. The van der Waals surface area contributed by atoms with Crippen LogP contribution in [-0.4, -0.2) is 57.6 Å². The minimum Gasteiger partial charge on any atom is -0.497 e. The Labute approximate surface area is 209 Å². The molecule has 1 unspecified atom stereocenters. The number of benzene rings is 2. The van der Waals surface area contributed by atoms with E-state index in [1.165, 1.54) is 25.0 Å². The predicted octanol–water partition coefficient (Wildman–Crippen LogP) is 3.42. The first-order valence-corrected chi connectivity index (χ1v) is 13.0. The molecule has 0 fully saturated rings. The minimum absolute atomic E-state index is 0.0586. The molecule has 0 saturated heterocycles. The van der Waals surface area contributed by atoms with Gasteiger partial charge >= 0.3 is 6.18 Å². The summed E-state index contributed by atoms with van der Waals surface area (Å²) in [7, 11) is -2.68. The van der Waals surface area contributed by atoms with Gasteiger partial charge in [0, 0.05) is 13.1 Å². The fourth-order valence-electron chi connectivity index (χ4n) is 3.40. The monoisotopic (exact) mass is 529 g/mol. The van der Waals surface area contributed by atoms with E-state index in [9.17, 15) is 31.2 Å². The standard InChI is InChI=1S/C24H30F3N3O5S/c1-5-12-28-23(32)17(2)29(15-18-8-6-11-21(13-18)35-3)22(31)16-30(36(4,33)34)20-10-7-9-19(14-20)24(25,26)27/h6-11,13-14,17H,5,12,15-16H2,1-4H3,(H,28,32). The molecule has 0 aliphatic heterocycles. The number of amides is 2. The summed E-state index contributed by atoms with van der Waals surface area (Å²) in [4.78, 5) is 27.3. The first-order chi connectivity index (χ1) is 16.8. The first kappa shape index (κ1) is 29.0. The summed E-state index contributed by atoms with van der Waals surface area (Å²) < 4.78 is 70.5. The van der Waals surface area contributed by atoms with Crippen molar-refractivity contribution in [3.63, 3.8) is 0 Å². The van der Waals surface area contributed by atoms with Crippen molar-refractivity contribution in [2.24, 2.45) is 0 Å². The van der Waals surface area contributed by atoms with Crippen LogP contribution in [0.1, 0.15) is 31.4 Å². The number of sulfonamides is 1. The quantitative estimate of drug-likeness (QED) is 0.481. The number of ether oxygens (including phenoxy) is 1. The predicted molar refractivity (Wildman–Crippen MR) is 130 cm³/mol. The highest BCUT2D eigenvalue weighted by atomic mass is 32.2. The van der Waals surface area contributed by atoms with Gasteiger partial charge in [0.1, 0.15) is 18.3 Å². The van der Waals surface area contributed by atoms with Crippen LogP contribution in [0.2, 0.25) is 0 Å². The number of carbonyl (C=O) groups excluding carboxylic acids is 2. The van der Waals surface area contributed by atoms with Gasteiger partial charge in [-0.15, -0.1) is 0 Å². The molecule has 0 spiro atoms. The van der Waals surface area contributed by atoms with E-state index >= 15 is 0 Å². The summed E-state index contributed by atoms with van der Waals surface area (Å²) in [5.41, 5.74) is -0.755. The van der Waals surface area contributed by atoms with Crippen LogP contribution in [0.4, 0.5) is 18.9 Å². The number of carbonyl (C=O) groups is 2. The van der Waals surface area contributed by atoms with E-state index in [0.717, 1.165) is 18.4 Å². The normalized spacial score (nSPS) is 12.5. The Balaban J connectivity index is 2.44. The lowest BCUT2D eigenvalue weighted by Crippen LogP contribution is -2.51. The Hall–Kier alpha value is -3.28. The van der Waals surface area contributed by atoms with Crippen LogP contribution in [0.25, 0.3) is 0 Å². The van der Waals surface area contributed by atoms with Gasteiger partial charge in [-0.1, -0.05) is 25.1 Å². The van der Waals surface area contributed by atoms with Gasteiger partial charge in [-0.3, -0.25) is 13.9 Å². The molecule has 198 valence electrons. The molecule has 1 atom stereocenters. The Kier molecular flexibility index (Phi) is 9.74. The molecule has 0 aliphatic carbocycles. The molecule has 2 amide bonds. The molecule has 2 rings (SSSR count). The second-order valence-corrected chi connectivity index (χ2v) is 10.1. The molecule has 0 saturated carbocycles. The molecule has 0 bridgehead atoms. The Bertz CT molecular complexity index is 1170. The second kappa shape index (κ2) is 12.1. The van der Waals surface area contributed by atoms with E-state index < -0.39 is 46.2 Å². The highest BCUT2D eigenvalue weighted by molar-refractivity contribution is 7.92. The van der Waals surface area contributed by atoms with E-state index in [1.54, 1.807) is 24.3 Å². The summed E-state index contributed by atoms with van der Waals surface area (Å²) in [5.74, 6) is -0.692. The van der Waals surface area contributed by atoms with Crippen LogP contribution in [-0.2, 0) is 32.3 Å². The third-order valence-electron chi connectivity index (χ3n) is 5.34. The number of alkyl halides is 3. The Morgan fingerprint density at radius 3 is 2.36 bits per heavy atom. The highest BCUT2D eigenvalue weighted by Gasteiger charge is 2.33. The van der Waals surface area contributed by atoms with Gasteiger partial charge in [0.2, 0.25) is 21.8 Å². The lowest BCUT2D eigenvalue weighted by atomic mass is 10.1. The van der Waals surface area contributed by atoms with Crippen molar-refractivity contribution in [2.45, 2.75) is 39.0 Å². The van der Waals surface area contributed by atoms with Gasteiger partial charge in [-0.05, 0) is 49.2 Å². The zero-order valence-electron chi connectivity index (χ0n) is 20.5. The zero-order chi connectivity index (χ0) is 27.1. The number of methoxy groups -OCH3 is 1. The van der Waals surface area contributed by atoms with Gasteiger partial charge in [0.05, 0.1) is 24.6 Å². The van der Waals surface area contributed by atoms with E-state index in [1.807, 2.05) is 6.92 Å². The van der Waals surface area contributed by atoms with E-state index in [2.05, 4.69) is 5.32 Å². The van der Waals surface area contributed by atoms with Crippen LogP contribution < -0.4 is 14.4 Å². The lowest BCUT2D eigenvalue weighted by Gasteiger charge is -2.31. The molecule has 2 aromatic rings. The van der Waals surface area contributed by atoms with Crippen LogP contribution in [0.5, 0.6) is 5.75 Å². The number of hydrogen-bond acceptors (Lipinski definition) is 5. The molecule has 1 N–H and O–H groups in total. The SMILES string of the molecule is CCCNC(=O)C(C)N(Cc1cccc(OC)c1)C(=O)CN(c1cccc(C(F)(F)F)c1)S(C)(=O)=O. The molecule has 36 heavy (non-hydrogen) atoms. The molecule has 0 aliphatic rings. The molecular weight excluding hydrogens is 499 g/mol. The van der Waals surface area contributed by atoms with Gasteiger partial charge in [-0.2, -0.15) is 13.2 Å². The maximum atomic E-state index is 13.4. The molecular formula is C24H30F3N3O5S. The van der Waals surface area contributed by atoms with Crippen LogP contribution in [0, 0.1) is 0 Å². The first-order valence-electron chi connectivity index (χ1n) is 11.1. The van der Waals surface area contributed by atoms with Gasteiger partial charge in [0.25, 0.3) is 0 Å². The number of nitrogens with zero attached hydrogens (tertiary/aromatic N) is 2. The molecule has 2 aromatic carbocycles. The summed E-state index contributed by atoms with van der Waals surface area (Å²) in [6.45, 7) is 2.89. The summed E-state index contributed by atoms with van der Waals surface area (Å²) in [6, 6.07) is 9.50. The number of nitrogens with one attached hydrogen (secondary N) is 1. The Morgan fingerprint density at radius 1 is 1.11 bits per heavy atom. The van der Waals surface area contributed by atoms with Crippen LogP contribution in [0.15, 0.2) is 48.5 Å². The minimum atomic E-state index is -4.70. The van der Waals surface area contributed by atoms with E-state index in [-0.39, 0.29) is 12.2 Å². The molecule has 8 nitrogen and oxygen atoms in total. The Morgan fingerprint density at radius 2 is 1.78 bits per heavy atom. The summed E-state index contributed by atoms with van der Waals surface area (Å²) in [5, 5.41) is 2.70. The summed E-state index contributed by atoms with van der Waals surface area (Å²) in [6.07, 6.45) is -3.24. The fraction of sp³-hybridized carbons (Fsp3) is 0.417. The lowest BCUT2D eigenvalue weighted by molar-refractivity contribution is -0.139. The topological polar surface area (TPSA) is 96.0 Å². The van der Waals surface area contributed by atoms with Crippen molar-refractivity contribution >= 4 is 27.5 Å². The maximum absolute atomic E-state index is 13.4. The van der Waals surface area contributed by atoms with Crippen molar-refractivity contribution in [1.29, 1.82) is 0 Å². The summed E-state index contributed by atoms with van der Waals surface area (Å²) >= 11 is 0. The highest BCUT2D eigenvalue weighted by Crippen LogP contribution is 2.32. The average Bonchev–Trinajstić information content (AvgIpc) is 2.82. The van der Waals surface area contributed by atoms with Crippen molar-refractivity contribution in [1.82, 2.24) is 10.2 Å². The second-order valence-electron chi connectivity index (χ2n) is 8.16. The zero-order valence-corrected chi connectivity index (χ0v) is 21.3. The van der Waals surface area contributed by atoms with Crippen molar-refractivity contribution in [3.8, 4) is 5.75 Å². The molecule has 12 heteroatoms. The van der Waals surface area contributed by atoms with Crippen molar-refractivity contribution in [2.75, 3.05) is 30.8 Å². The van der Waals surface area contributed by atoms with Crippen molar-refractivity contribution < 1.29 is 35.9 Å². The number of halogens is 3. The average molecular weight is 530 g/mol. The number of rotatable bonds is 11. The number of hydrogen-bond donors (Lipinski definition) is 1. The maximum Gasteiger partial charge on any atom is 0.416 e. The molecule has 0 radical (unpaired) electrons. The molecule has 0 aromatic heterocycles. The smallest absolute Gasteiger partial charge is 0.416 e. The van der Waals surface area contributed by atoms with Gasteiger partial charge < -0.3 is 15.0 Å². The third kappa shape index (κ3) is 7.87. The van der Waals surface area contributed by atoms with Crippen LogP contribution >= 0.6 is 0 Å². The van der Waals surface area contributed by atoms with Gasteiger partial charge in [-0.25, -0.2) is 8.42 Å². The molecule has 0 heterocycles. The third-order valence-corrected chi connectivity index (χ3v) is 6.48. The fourth-order valence-corrected chi connectivity index (χ4v) is 4.24. The van der Waals surface area contributed by atoms with E-state index in [0.29, 0.717) is 34.7 Å². The van der Waals surface area contributed by atoms with Gasteiger partial charge in [0.15, 0.2) is 0 Å². The van der Waals surface area contributed by atoms with Crippen LogP contribution in [0.3, 0.4) is 0 Å². The van der Waals surface area contributed by atoms with E-state index in [4.69, 9.17) is 4.74 Å². The number of anilines is 1. The van der Waals surface area contributed by atoms with Crippen molar-refractivity contribution in [3.05, 3.63) is 59.7 Å².